The molecule has 0 radical (unpaired) electrons. The van der Waals surface area contributed by atoms with Crippen molar-refractivity contribution in [1.29, 1.82) is 0 Å². The van der Waals surface area contributed by atoms with Crippen molar-refractivity contribution < 1.29 is 4.79 Å². The molecule has 4 aliphatic carbocycles. The van der Waals surface area contributed by atoms with Crippen molar-refractivity contribution in [1.82, 2.24) is 0 Å². The predicted octanol–water partition coefficient (Wildman–Crippen LogP) is 3.57. The summed E-state index contributed by atoms with van der Waals surface area (Å²) in [5.74, 6) is 1.78. The molecule has 2 atom stereocenters. The normalized spacial score (nSPS) is 47.3. The van der Waals surface area contributed by atoms with Gasteiger partial charge in [-0.15, -0.1) is 0 Å². The van der Waals surface area contributed by atoms with Gasteiger partial charge in [-0.05, 0) is 23.7 Å². The average molecular weight is 206 g/mol. The first kappa shape index (κ1) is 9.86. The van der Waals surface area contributed by atoms with E-state index in [4.69, 9.17) is 0 Å². The Morgan fingerprint density at radius 1 is 1.00 bits per heavy atom. The van der Waals surface area contributed by atoms with Gasteiger partial charge >= 0.3 is 0 Å². The first-order valence-electron chi connectivity index (χ1n) is 6.82. The van der Waals surface area contributed by atoms with Gasteiger partial charge in [0.05, 0.1) is 0 Å². The fraction of sp³-hybridized carbons (Fsp3) is 0.929. The molecule has 0 heterocycles. The Bertz CT molecular complexity index is 271. The third kappa shape index (κ3) is 1.07. The van der Waals surface area contributed by atoms with E-state index < -0.39 is 0 Å². The lowest BCUT2D eigenvalue weighted by Gasteiger charge is -2.00. The van der Waals surface area contributed by atoms with Crippen molar-refractivity contribution in [3.63, 3.8) is 0 Å². The minimum atomic E-state index is 0.301. The summed E-state index contributed by atoms with van der Waals surface area (Å²) in [6, 6.07) is 0. The average Bonchev–Trinajstić information content (AvgIpc) is 3.11. The molecule has 0 aliphatic heterocycles. The van der Waals surface area contributed by atoms with Crippen LogP contribution in [0, 0.1) is 22.7 Å². The molecule has 2 unspecified atom stereocenters. The van der Waals surface area contributed by atoms with Gasteiger partial charge in [-0.2, -0.15) is 0 Å². The Hall–Kier alpha value is -0.330. The number of aldehydes is 1. The highest BCUT2D eigenvalue weighted by Crippen LogP contribution is 3.18. The van der Waals surface area contributed by atoms with E-state index in [0.29, 0.717) is 10.8 Å². The quantitative estimate of drug-likeness (QED) is 0.416. The van der Waals surface area contributed by atoms with Crippen LogP contribution in [0.15, 0.2) is 0 Å². The number of carbonyl (C=O) groups excluding carboxylic acids is 1. The second kappa shape index (κ2) is 3.09. The van der Waals surface area contributed by atoms with E-state index in [-0.39, 0.29) is 0 Å². The third-order valence-corrected chi connectivity index (χ3v) is 5.28. The number of hydrogen-bond donors (Lipinski definition) is 0. The molecular formula is C14H22O. The van der Waals surface area contributed by atoms with Gasteiger partial charge in [-0.1, -0.05) is 51.9 Å². The van der Waals surface area contributed by atoms with Crippen molar-refractivity contribution in [3.8, 4) is 0 Å². The molecule has 4 fully saturated rings. The smallest absolute Gasteiger partial charge is 0.127 e. The summed E-state index contributed by atoms with van der Waals surface area (Å²) in [5.41, 5.74) is 0.924. The molecule has 0 saturated heterocycles. The van der Waals surface area contributed by atoms with Gasteiger partial charge in [0.25, 0.3) is 0 Å². The molecule has 0 aromatic heterocycles. The molecule has 4 rings (SSSR count). The maximum Gasteiger partial charge on any atom is 0.127 e. The van der Waals surface area contributed by atoms with E-state index in [2.05, 4.69) is 6.92 Å². The molecule has 1 nitrogen and oxygen atoms in total. The van der Waals surface area contributed by atoms with Crippen LogP contribution >= 0.6 is 0 Å². The van der Waals surface area contributed by atoms with Crippen LogP contribution in [0.1, 0.15) is 58.3 Å². The van der Waals surface area contributed by atoms with Gasteiger partial charge in [-0.3, -0.25) is 0 Å². The zero-order valence-electron chi connectivity index (χ0n) is 9.80. The van der Waals surface area contributed by atoms with Gasteiger partial charge in [-0.25, -0.2) is 0 Å². The molecule has 4 aliphatic rings. The Morgan fingerprint density at radius 2 is 1.60 bits per heavy atom. The minimum absolute atomic E-state index is 0.301. The standard InChI is InChI=1S/C14H22O/c1-2-3-4-5-6-7-8-9-13-11-12(13)14(11,13)10-15/h10-12H,2-9H2,1H3. The first-order chi connectivity index (χ1) is 7.36. The first-order valence-corrected chi connectivity index (χ1v) is 6.82. The van der Waals surface area contributed by atoms with Gasteiger partial charge in [0.15, 0.2) is 0 Å². The maximum absolute atomic E-state index is 10.8. The van der Waals surface area contributed by atoms with Crippen LogP contribution in [0.25, 0.3) is 0 Å². The summed E-state index contributed by atoms with van der Waals surface area (Å²) in [6.07, 6.45) is 12.4. The van der Waals surface area contributed by atoms with Crippen LogP contribution in [0.3, 0.4) is 0 Å². The largest absolute Gasteiger partial charge is 0.303 e. The lowest BCUT2D eigenvalue weighted by atomic mass is 10.1. The highest BCUT2D eigenvalue weighted by Gasteiger charge is 3.18. The molecule has 0 aromatic carbocycles. The Morgan fingerprint density at radius 3 is 2.13 bits per heavy atom. The fourth-order valence-electron chi connectivity index (χ4n) is 4.00. The lowest BCUT2D eigenvalue weighted by molar-refractivity contribution is -0.109. The van der Waals surface area contributed by atoms with E-state index in [1.807, 2.05) is 0 Å². The molecule has 84 valence electrons. The summed E-state index contributed by atoms with van der Waals surface area (Å²) in [6.45, 7) is 2.27. The number of carbonyl (C=O) groups is 1. The molecule has 4 saturated carbocycles. The number of rotatable bonds is 9. The van der Waals surface area contributed by atoms with Gasteiger partial charge < -0.3 is 4.79 Å². The summed E-state index contributed by atoms with van der Waals surface area (Å²) >= 11 is 0. The zero-order chi connectivity index (χ0) is 10.5. The zero-order valence-corrected chi connectivity index (χ0v) is 9.80. The lowest BCUT2D eigenvalue weighted by Crippen LogP contribution is -1.85. The van der Waals surface area contributed by atoms with E-state index in [1.54, 1.807) is 0 Å². The highest BCUT2D eigenvalue weighted by molar-refractivity contribution is 5.90. The molecule has 0 amide bonds. The van der Waals surface area contributed by atoms with Crippen molar-refractivity contribution in [2.75, 3.05) is 0 Å². The molecule has 0 aromatic rings. The summed E-state index contributed by atoms with van der Waals surface area (Å²) in [5, 5.41) is 0. The topological polar surface area (TPSA) is 17.1 Å². The SMILES string of the molecule is CCCCCCCCCC12C3C1C32C=O. The van der Waals surface area contributed by atoms with Crippen LogP contribution in [0.5, 0.6) is 0 Å². The Labute approximate surface area is 92.6 Å². The fourth-order valence-corrected chi connectivity index (χ4v) is 4.00. The van der Waals surface area contributed by atoms with Crippen LogP contribution in [-0.2, 0) is 4.79 Å². The van der Waals surface area contributed by atoms with E-state index >= 15 is 0 Å². The second-order valence-corrected chi connectivity index (χ2v) is 5.92. The maximum atomic E-state index is 10.8. The third-order valence-electron chi connectivity index (χ3n) is 5.28. The van der Waals surface area contributed by atoms with Crippen molar-refractivity contribution >= 4 is 6.29 Å². The van der Waals surface area contributed by atoms with E-state index in [0.717, 1.165) is 11.8 Å². The summed E-state index contributed by atoms with van der Waals surface area (Å²) in [7, 11) is 0. The molecule has 0 bridgehead atoms. The van der Waals surface area contributed by atoms with Crippen molar-refractivity contribution in [3.05, 3.63) is 0 Å². The van der Waals surface area contributed by atoms with Gasteiger partial charge in [0, 0.05) is 5.41 Å². The van der Waals surface area contributed by atoms with Crippen LogP contribution in [0.2, 0.25) is 0 Å². The van der Waals surface area contributed by atoms with Crippen molar-refractivity contribution in [2.45, 2.75) is 58.3 Å². The monoisotopic (exact) mass is 206 g/mol. The number of hydrogen-bond acceptors (Lipinski definition) is 1. The van der Waals surface area contributed by atoms with Crippen LogP contribution in [0.4, 0.5) is 0 Å². The van der Waals surface area contributed by atoms with E-state index in [1.165, 1.54) is 57.7 Å². The molecular weight excluding hydrogens is 184 g/mol. The van der Waals surface area contributed by atoms with Gasteiger partial charge in [0.2, 0.25) is 0 Å². The van der Waals surface area contributed by atoms with Crippen LogP contribution < -0.4 is 0 Å². The molecule has 0 N–H and O–H groups in total. The second-order valence-electron chi connectivity index (χ2n) is 5.92. The van der Waals surface area contributed by atoms with Crippen LogP contribution in [-0.4, -0.2) is 6.29 Å². The summed E-state index contributed by atoms with van der Waals surface area (Å²) < 4.78 is 0. The number of unbranched alkanes of at least 4 members (excludes halogenated alkanes) is 6. The van der Waals surface area contributed by atoms with Gasteiger partial charge in [0.1, 0.15) is 6.29 Å². The molecule has 1 heteroatoms. The Kier molecular flexibility index (Phi) is 2.03. The Balaban J connectivity index is 1.21. The highest BCUT2D eigenvalue weighted by atomic mass is 16.1. The summed E-state index contributed by atoms with van der Waals surface area (Å²) in [4.78, 5) is 10.8. The molecule has 15 heavy (non-hydrogen) atoms. The predicted molar refractivity (Wildman–Crippen MR) is 60.5 cm³/mol. The molecule has 0 spiro atoms. The van der Waals surface area contributed by atoms with E-state index in [9.17, 15) is 4.79 Å². The van der Waals surface area contributed by atoms with Crippen molar-refractivity contribution in [2.24, 2.45) is 22.7 Å². The minimum Gasteiger partial charge on any atom is -0.303 e.